The molecule has 0 spiro atoms. The normalized spacial score (nSPS) is 14.6. The van der Waals surface area contributed by atoms with Crippen LogP contribution in [0.1, 0.15) is 10.4 Å². The molecule has 0 saturated carbocycles. The summed E-state index contributed by atoms with van der Waals surface area (Å²) in [4.78, 5) is 18.8. The van der Waals surface area contributed by atoms with E-state index in [1.165, 1.54) is 0 Å². The van der Waals surface area contributed by atoms with E-state index in [-0.39, 0.29) is 12.0 Å². The van der Waals surface area contributed by atoms with E-state index in [1.807, 2.05) is 29.7 Å². The van der Waals surface area contributed by atoms with E-state index in [4.69, 9.17) is 10.00 Å². The van der Waals surface area contributed by atoms with Crippen molar-refractivity contribution < 1.29 is 9.53 Å². The number of hydrogen-bond acceptors (Lipinski definition) is 5. The minimum absolute atomic E-state index is 0.0213. The highest BCUT2D eigenvalue weighted by Crippen LogP contribution is 2.18. The second-order valence-electron chi connectivity index (χ2n) is 4.83. The number of likely N-dealkylation sites (tertiary alicyclic amines) is 1. The molecule has 0 bridgehead atoms. The summed E-state index contributed by atoms with van der Waals surface area (Å²) in [6, 6.07) is 9.17. The van der Waals surface area contributed by atoms with Gasteiger partial charge in [0, 0.05) is 23.2 Å². The molecule has 0 radical (unpaired) electrons. The van der Waals surface area contributed by atoms with E-state index < -0.39 is 0 Å². The number of hydrogen-bond donors (Lipinski definition) is 0. The number of nitrogens with zero attached hydrogens (tertiary/aromatic N) is 3. The zero-order valence-corrected chi connectivity index (χ0v) is 12.5. The van der Waals surface area contributed by atoms with Gasteiger partial charge in [-0.2, -0.15) is 5.26 Å². The standard InChI is InChI=1S/C16H13N3O2S/c17-9-12-5-6-18-15(8-12)21-13-10-19(11-13)16(20)4-3-14-2-1-7-22-14/h1-8,13H,10-11H2/b4-3+. The molecule has 2 aromatic heterocycles. The first-order valence-electron chi connectivity index (χ1n) is 6.78. The van der Waals surface area contributed by atoms with Gasteiger partial charge >= 0.3 is 0 Å². The van der Waals surface area contributed by atoms with Gasteiger partial charge in [-0.15, -0.1) is 11.3 Å². The molecule has 3 rings (SSSR count). The van der Waals surface area contributed by atoms with Crippen molar-refractivity contribution in [2.24, 2.45) is 0 Å². The lowest BCUT2D eigenvalue weighted by Gasteiger charge is -2.38. The molecule has 5 nitrogen and oxygen atoms in total. The number of pyridine rings is 1. The quantitative estimate of drug-likeness (QED) is 0.813. The number of ether oxygens (including phenoxy) is 1. The summed E-state index contributed by atoms with van der Waals surface area (Å²) in [5.74, 6) is 0.400. The van der Waals surface area contributed by atoms with Crippen molar-refractivity contribution in [3.63, 3.8) is 0 Å². The van der Waals surface area contributed by atoms with Crippen molar-refractivity contribution in [3.05, 3.63) is 52.4 Å². The van der Waals surface area contributed by atoms with Gasteiger partial charge in [-0.05, 0) is 23.6 Å². The fourth-order valence-electron chi connectivity index (χ4n) is 2.05. The molecule has 22 heavy (non-hydrogen) atoms. The van der Waals surface area contributed by atoms with Crippen molar-refractivity contribution in [2.75, 3.05) is 13.1 Å². The van der Waals surface area contributed by atoms with Crippen molar-refractivity contribution >= 4 is 23.3 Å². The predicted octanol–water partition coefficient (Wildman–Crippen LogP) is 2.32. The Balaban J connectivity index is 1.49. The molecule has 0 N–H and O–H groups in total. The minimum atomic E-state index is -0.0690. The minimum Gasteiger partial charge on any atom is -0.471 e. The van der Waals surface area contributed by atoms with Crippen molar-refractivity contribution in [3.8, 4) is 11.9 Å². The molecule has 0 unspecified atom stereocenters. The Morgan fingerprint density at radius 1 is 1.50 bits per heavy atom. The highest BCUT2D eigenvalue weighted by Gasteiger charge is 2.31. The number of aromatic nitrogens is 1. The van der Waals surface area contributed by atoms with Crippen LogP contribution in [-0.2, 0) is 4.79 Å². The van der Waals surface area contributed by atoms with E-state index in [2.05, 4.69) is 4.98 Å². The number of thiophene rings is 1. The number of rotatable bonds is 4. The average molecular weight is 311 g/mol. The molecule has 0 aliphatic carbocycles. The highest BCUT2D eigenvalue weighted by molar-refractivity contribution is 7.10. The Morgan fingerprint density at radius 3 is 3.09 bits per heavy atom. The molecule has 1 aliphatic rings. The van der Waals surface area contributed by atoms with Crippen LogP contribution in [0, 0.1) is 11.3 Å². The number of carbonyl (C=O) groups excluding carboxylic acids is 1. The molecule has 2 aromatic rings. The summed E-state index contributed by atoms with van der Waals surface area (Å²) in [5, 5.41) is 10.8. The molecule has 1 saturated heterocycles. The van der Waals surface area contributed by atoms with Crippen LogP contribution < -0.4 is 4.74 Å². The lowest BCUT2D eigenvalue weighted by Crippen LogP contribution is -2.55. The molecule has 3 heterocycles. The summed E-state index contributed by atoms with van der Waals surface area (Å²) in [6.45, 7) is 1.07. The van der Waals surface area contributed by atoms with Gasteiger partial charge in [-0.1, -0.05) is 6.07 Å². The van der Waals surface area contributed by atoms with Gasteiger partial charge in [0.05, 0.1) is 24.7 Å². The molecule has 1 aliphatic heterocycles. The largest absolute Gasteiger partial charge is 0.471 e. The third kappa shape index (κ3) is 3.32. The number of amides is 1. The fourth-order valence-corrected chi connectivity index (χ4v) is 2.67. The number of nitriles is 1. The monoisotopic (exact) mass is 311 g/mol. The Kier molecular flexibility index (Phi) is 4.17. The maximum atomic E-state index is 11.9. The van der Waals surface area contributed by atoms with Crippen molar-refractivity contribution in [1.82, 2.24) is 9.88 Å². The lowest BCUT2D eigenvalue weighted by atomic mass is 10.1. The summed E-state index contributed by atoms with van der Waals surface area (Å²) in [5.41, 5.74) is 0.510. The Morgan fingerprint density at radius 2 is 2.36 bits per heavy atom. The highest BCUT2D eigenvalue weighted by atomic mass is 32.1. The van der Waals surface area contributed by atoms with Crippen molar-refractivity contribution in [2.45, 2.75) is 6.10 Å². The molecule has 0 atom stereocenters. The maximum Gasteiger partial charge on any atom is 0.246 e. The fraction of sp³-hybridized carbons (Fsp3) is 0.188. The third-order valence-corrected chi connectivity index (χ3v) is 4.08. The van der Waals surface area contributed by atoms with Crippen LogP contribution in [-0.4, -0.2) is 35.0 Å². The summed E-state index contributed by atoms with van der Waals surface area (Å²) < 4.78 is 5.65. The van der Waals surface area contributed by atoms with Crippen LogP contribution in [0.25, 0.3) is 6.08 Å². The second-order valence-corrected chi connectivity index (χ2v) is 5.81. The zero-order chi connectivity index (χ0) is 15.4. The van der Waals surface area contributed by atoms with Gasteiger partial charge < -0.3 is 9.64 Å². The van der Waals surface area contributed by atoms with Crippen LogP contribution in [0.5, 0.6) is 5.88 Å². The van der Waals surface area contributed by atoms with E-state index in [9.17, 15) is 4.79 Å². The van der Waals surface area contributed by atoms with E-state index in [1.54, 1.807) is 40.6 Å². The molecule has 1 amide bonds. The van der Waals surface area contributed by atoms with Crippen LogP contribution in [0.2, 0.25) is 0 Å². The second kappa shape index (κ2) is 6.41. The zero-order valence-electron chi connectivity index (χ0n) is 11.7. The van der Waals surface area contributed by atoms with Gasteiger partial charge in [0.2, 0.25) is 11.8 Å². The Hall–Kier alpha value is -2.65. The molecule has 1 fully saturated rings. The van der Waals surface area contributed by atoms with Gasteiger partial charge in [0.15, 0.2) is 0 Å². The molecule has 6 heteroatoms. The lowest BCUT2D eigenvalue weighted by molar-refractivity contribution is -0.134. The van der Waals surface area contributed by atoms with Gasteiger partial charge in [0.1, 0.15) is 6.10 Å². The Labute approximate surface area is 132 Å². The van der Waals surface area contributed by atoms with Crippen molar-refractivity contribution in [1.29, 1.82) is 5.26 Å². The first-order chi connectivity index (χ1) is 10.7. The van der Waals surface area contributed by atoms with Gasteiger partial charge in [0.25, 0.3) is 0 Å². The van der Waals surface area contributed by atoms with Gasteiger partial charge in [-0.3, -0.25) is 4.79 Å². The average Bonchev–Trinajstić information content (AvgIpc) is 3.01. The maximum absolute atomic E-state index is 11.9. The smallest absolute Gasteiger partial charge is 0.246 e. The van der Waals surface area contributed by atoms with Crippen LogP contribution in [0.3, 0.4) is 0 Å². The summed E-state index contributed by atoms with van der Waals surface area (Å²) in [6.07, 6.45) is 4.87. The third-order valence-electron chi connectivity index (χ3n) is 3.24. The first kappa shape index (κ1) is 14.3. The van der Waals surface area contributed by atoms with E-state index in [0.29, 0.717) is 24.5 Å². The predicted molar refractivity (Wildman–Crippen MR) is 83.3 cm³/mol. The SMILES string of the molecule is N#Cc1ccnc(OC2CN(C(=O)/C=C/c3cccs3)C2)c1. The topological polar surface area (TPSA) is 66.2 Å². The van der Waals surface area contributed by atoms with E-state index in [0.717, 1.165) is 4.88 Å². The summed E-state index contributed by atoms with van der Waals surface area (Å²) in [7, 11) is 0. The van der Waals surface area contributed by atoms with Gasteiger partial charge in [-0.25, -0.2) is 4.98 Å². The Bertz CT molecular complexity index is 728. The van der Waals surface area contributed by atoms with E-state index >= 15 is 0 Å². The summed E-state index contributed by atoms with van der Waals surface area (Å²) >= 11 is 1.59. The van der Waals surface area contributed by atoms with Crippen LogP contribution in [0.4, 0.5) is 0 Å². The van der Waals surface area contributed by atoms with Crippen LogP contribution >= 0.6 is 11.3 Å². The number of carbonyl (C=O) groups is 1. The molecular weight excluding hydrogens is 298 g/mol. The molecule has 0 aromatic carbocycles. The molecular formula is C16H13N3O2S. The van der Waals surface area contributed by atoms with Crippen LogP contribution in [0.15, 0.2) is 41.9 Å². The first-order valence-corrected chi connectivity index (χ1v) is 7.66. The molecule has 110 valence electrons.